The van der Waals surface area contributed by atoms with Crippen LogP contribution in [0.4, 0.5) is 4.39 Å². The summed E-state index contributed by atoms with van der Waals surface area (Å²) in [5, 5.41) is 0.785. The lowest BCUT2D eigenvalue weighted by atomic mass is 10.2. The van der Waals surface area contributed by atoms with Crippen molar-refractivity contribution in [3.05, 3.63) is 34.2 Å². The van der Waals surface area contributed by atoms with Gasteiger partial charge in [-0.05, 0) is 25.1 Å². The first kappa shape index (κ1) is 7.80. The zero-order chi connectivity index (χ0) is 8.72. The molecule has 0 radical (unpaired) electrons. The van der Waals surface area contributed by atoms with Crippen molar-refractivity contribution in [1.29, 1.82) is 0 Å². The van der Waals surface area contributed by atoms with Gasteiger partial charge in [0, 0.05) is 9.86 Å². The van der Waals surface area contributed by atoms with Crippen LogP contribution >= 0.6 is 15.9 Å². The summed E-state index contributed by atoms with van der Waals surface area (Å²) in [5.41, 5.74) is 0.321. The number of hydrogen-bond donors (Lipinski definition) is 0. The minimum absolute atomic E-state index is 0.318. The summed E-state index contributed by atoms with van der Waals surface area (Å²) in [7, 11) is 0. The molecule has 0 unspecified atom stereocenters. The molecule has 2 rings (SSSR count). The van der Waals surface area contributed by atoms with E-state index in [0.29, 0.717) is 5.58 Å². The van der Waals surface area contributed by atoms with Gasteiger partial charge in [0.25, 0.3) is 0 Å². The van der Waals surface area contributed by atoms with Crippen LogP contribution in [0.15, 0.2) is 27.1 Å². The van der Waals surface area contributed by atoms with Crippen LogP contribution in [-0.2, 0) is 0 Å². The molecular weight excluding hydrogens is 223 g/mol. The van der Waals surface area contributed by atoms with E-state index in [-0.39, 0.29) is 5.82 Å². The molecule has 1 nitrogen and oxygen atoms in total. The second kappa shape index (κ2) is 2.59. The number of benzene rings is 1. The van der Waals surface area contributed by atoms with Gasteiger partial charge in [0.15, 0.2) is 11.4 Å². The Labute approximate surface area is 77.3 Å². The van der Waals surface area contributed by atoms with Gasteiger partial charge in [-0.3, -0.25) is 0 Å². The van der Waals surface area contributed by atoms with E-state index in [2.05, 4.69) is 15.9 Å². The highest BCUT2D eigenvalue weighted by atomic mass is 79.9. The summed E-state index contributed by atoms with van der Waals surface area (Å²) in [5.74, 6) is 0.400. The Morgan fingerprint density at radius 3 is 2.83 bits per heavy atom. The summed E-state index contributed by atoms with van der Waals surface area (Å²) >= 11 is 3.32. The Hall–Kier alpha value is -0.830. The van der Waals surface area contributed by atoms with Gasteiger partial charge in [0.2, 0.25) is 0 Å². The van der Waals surface area contributed by atoms with Gasteiger partial charge in [-0.1, -0.05) is 15.9 Å². The van der Waals surface area contributed by atoms with Crippen LogP contribution < -0.4 is 0 Å². The molecule has 0 aliphatic carbocycles. The van der Waals surface area contributed by atoms with Crippen LogP contribution in [0.2, 0.25) is 0 Å². The van der Waals surface area contributed by atoms with E-state index in [9.17, 15) is 4.39 Å². The van der Waals surface area contributed by atoms with Gasteiger partial charge in [0.05, 0.1) is 0 Å². The molecule has 0 saturated heterocycles. The van der Waals surface area contributed by atoms with Crippen LogP contribution in [0.1, 0.15) is 5.76 Å². The first-order valence-electron chi connectivity index (χ1n) is 3.52. The Morgan fingerprint density at radius 1 is 1.42 bits per heavy atom. The molecule has 0 spiro atoms. The Bertz CT molecular complexity index is 394. The van der Waals surface area contributed by atoms with Crippen molar-refractivity contribution in [3.63, 3.8) is 0 Å². The molecule has 62 valence electrons. The van der Waals surface area contributed by atoms with Crippen LogP contribution in [-0.4, -0.2) is 0 Å². The van der Waals surface area contributed by atoms with Crippen molar-refractivity contribution in [3.8, 4) is 0 Å². The maximum Gasteiger partial charge on any atom is 0.171 e. The van der Waals surface area contributed by atoms with Crippen molar-refractivity contribution in [2.24, 2.45) is 0 Å². The molecule has 1 aromatic heterocycles. The van der Waals surface area contributed by atoms with Gasteiger partial charge >= 0.3 is 0 Å². The average Bonchev–Trinajstić information content (AvgIpc) is 2.41. The third-order valence-electron chi connectivity index (χ3n) is 1.71. The number of hydrogen-bond acceptors (Lipinski definition) is 1. The summed E-state index contributed by atoms with van der Waals surface area (Å²) in [6.07, 6.45) is 0. The molecule has 0 saturated carbocycles. The van der Waals surface area contributed by atoms with Gasteiger partial charge in [-0.15, -0.1) is 0 Å². The minimum atomic E-state index is -0.318. The maximum absolute atomic E-state index is 13.1. The second-order valence-electron chi connectivity index (χ2n) is 2.63. The third kappa shape index (κ3) is 1.05. The van der Waals surface area contributed by atoms with Crippen molar-refractivity contribution in [2.45, 2.75) is 6.92 Å². The van der Waals surface area contributed by atoms with Gasteiger partial charge in [-0.2, -0.15) is 0 Å². The van der Waals surface area contributed by atoms with E-state index in [0.717, 1.165) is 15.6 Å². The largest absolute Gasteiger partial charge is 0.458 e. The smallest absolute Gasteiger partial charge is 0.171 e. The fraction of sp³-hybridized carbons (Fsp3) is 0.111. The van der Waals surface area contributed by atoms with E-state index >= 15 is 0 Å². The Balaban J connectivity index is 2.93. The van der Waals surface area contributed by atoms with E-state index in [1.165, 1.54) is 6.07 Å². The zero-order valence-electron chi connectivity index (χ0n) is 6.40. The zero-order valence-corrected chi connectivity index (χ0v) is 7.98. The van der Waals surface area contributed by atoms with E-state index in [1.807, 2.05) is 6.07 Å². The molecule has 0 fully saturated rings. The fourth-order valence-corrected chi connectivity index (χ4v) is 1.61. The lowest BCUT2D eigenvalue weighted by Gasteiger charge is -1.92. The van der Waals surface area contributed by atoms with Crippen LogP contribution in [0, 0.1) is 12.7 Å². The number of aryl methyl sites for hydroxylation is 1. The molecule has 0 amide bonds. The first-order chi connectivity index (χ1) is 5.68. The van der Waals surface area contributed by atoms with Gasteiger partial charge < -0.3 is 4.42 Å². The molecule has 1 aromatic carbocycles. The summed E-state index contributed by atoms with van der Waals surface area (Å²) in [6, 6.07) is 4.87. The highest BCUT2D eigenvalue weighted by Crippen LogP contribution is 2.28. The topological polar surface area (TPSA) is 13.1 Å². The molecule has 0 N–H and O–H groups in total. The molecular formula is C9H6BrFO. The predicted octanol–water partition coefficient (Wildman–Crippen LogP) is 3.64. The molecule has 2 aromatic rings. The minimum Gasteiger partial charge on any atom is -0.458 e. The predicted molar refractivity (Wildman–Crippen MR) is 48.6 cm³/mol. The maximum atomic E-state index is 13.1. The van der Waals surface area contributed by atoms with Gasteiger partial charge in [-0.25, -0.2) is 4.39 Å². The Morgan fingerprint density at radius 2 is 2.17 bits per heavy atom. The number of furan rings is 1. The molecule has 0 aliphatic rings. The monoisotopic (exact) mass is 228 g/mol. The molecule has 0 bridgehead atoms. The highest BCUT2D eigenvalue weighted by Gasteiger charge is 2.08. The fourth-order valence-electron chi connectivity index (χ4n) is 1.18. The van der Waals surface area contributed by atoms with Gasteiger partial charge in [0.1, 0.15) is 5.76 Å². The molecule has 0 aliphatic heterocycles. The molecule has 3 heteroatoms. The quantitative estimate of drug-likeness (QED) is 0.672. The third-order valence-corrected chi connectivity index (χ3v) is 2.40. The molecule has 1 heterocycles. The molecule has 12 heavy (non-hydrogen) atoms. The summed E-state index contributed by atoms with van der Waals surface area (Å²) in [6.45, 7) is 1.80. The van der Waals surface area contributed by atoms with Crippen LogP contribution in [0.25, 0.3) is 11.0 Å². The SMILES string of the molecule is Cc1cc2c(Br)ccc(F)c2o1. The van der Waals surface area contributed by atoms with E-state index < -0.39 is 0 Å². The van der Waals surface area contributed by atoms with Crippen molar-refractivity contribution in [2.75, 3.05) is 0 Å². The standard InChI is InChI=1S/C9H6BrFO/c1-5-4-6-7(10)2-3-8(11)9(6)12-5/h2-4H,1H3. The summed E-state index contributed by atoms with van der Waals surface area (Å²) < 4.78 is 19.1. The summed E-state index contributed by atoms with van der Waals surface area (Å²) in [4.78, 5) is 0. The van der Waals surface area contributed by atoms with Crippen LogP contribution in [0.5, 0.6) is 0 Å². The number of rotatable bonds is 0. The second-order valence-corrected chi connectivity index (χ2v) is 3.48. The van der Waals surface area contributed by atoms with Crippen molar-refractivity contribution in [1.82, 2.24) is 0 Å². The normalized spacial score (nSPS) is 10.9. The average molecular weight is 229 g/mol. The lowest BCUT2D eigenvalue weighted by Crippen LogP contribution is -1.74. The van der Waals surface area contributed by atoms with Crippen molar-refractivity contribution < 1.29 is 8.81 Å². The van der Waals surface area contributed by atoms with E-state index in [4.69, 9.17) is 4.42 Å². The number of fused-ring (bicyclic) bond motifs is 1. The van der Waals surface area contributed by atoms with Crippen molar-refractivity contribution >= 4 is 26.9 Å². The van der Waals surface area contributed by atoms with Crippen LogP contribution in [0.3, 0.4) is 0 Å². The molecule has 0 atom stereocenters. The van der Waals surface area contributed by atoms with E-state index in [1.54, 1.807) is 13.0 Å². The Kier molecular flexibility index (Phi) is 1.68. The highest BCUT2D eigenvalue weighted by molar-refractivity contribution is 9.10. The lowest BCUT2D eigenvalue weighted by molar-refractivity contribution is 0.538. The first-order valence-corrected chi connectivity index (χ1v) is 4.32. The number of halogens is 2.